The van der Waals surface area contributed by atoms with E-state index in [2.05, 4.69) is 42.6 Å². The molecule has 3 atom stereocenters. The maximum atomic E-state index is 12.1. The number of imidazole rings is 1. The maximum Gasteiger partial charge on any atom is 0.279 e. The Bertz CT molecular complexity index is 830. The second-order valence-corrected chi connectivity index (χ2v) is 10.8. The average Bonchev–Trinajstić information content (AvgIpc) is 3.15. The molecule has 0 amide bonds. The monoisotopic (exact) mass is 412 g/mol. The fraction of sp³-hybridized carbons (Fsp3) is 0.722. The number of aromatic nitrogens is 4. The van der Waals surface area contributed by atoms with Crippen molar-refractivity contribution in [1.29, 1.82) is 0 Å². The number of rotatable bonds is 7. The van der Waals surface area contributed by atoms with Crippen molar-refractivity contribution in [2.24, 2.45) is 0 Å². The van der Waals surface area contributed by atoms with Crippen molar-refractivity contribution < 1.29 is 9.47 Å². The van der Waals surface area contributed by atoms with Gasteiger partial charge in [-0.15, -0.1) is 0 Å². The number of aryl methyl sites for hydroxylation is 1. The van der Waals surface area contributed by atoms with E-state index in [1.54, 1.807) is 24.0 Å². The normalized spacial score (nSPS) is 23.4. The van der Waals surface area contributed by atoms with E-state index in [1.165, 1.54) is 0 Å². The van der Waals surface area contributed by atoms with Crippen molar-refractivity contribution in [3.63, 3.8) is 0 Å². The topological polar surface area (TPSA) is 82.0 Å². The van der Waals surface area contributed by atoms with Gasteiger partial charge in [0.2, 0.25) is 0 Å². The summed E-state index contributed by atoms with van der Waals surface area (Å²) in [6.45, 7) is 10.5. The van der Waals surface area contributed by atoms with Crippen LogP contribution in [-0.4, -0.2) is 42.4 Å². The molecule has 9 heteroatoms. The van der Waals surface area contributed by atoms with Gasteiger partial charge >= 0.3 is 0 Å². The second-order valence-electron chi connectivity index (χ2n) is 7.77. The summed E-state index contributed by atoms with van der Waals surface area (Å²) in [6, 6.07) is 0. The van der Waals surface area contributed by atoms with E-state index in [-0.39, 0.29) is 28.7 Å². The highest BCUT2D eigenvalue weighted by Crippen LogP contribution is 2.38. The Morgan fingerprint density at radius 2 is 2.22 bits per heavy atom. The molecule has 1 saturated heterocycles. The first-order chi connectivity index (χ1) is 12.8. The lowest BCUT2D eigenvalue weighted by molar-refractivity contribution is -0.0323. The van der Waals surface area contributed by atoms with Crippen molar-refractivity contribution in [2.45, 2.75) is 77.1 Å². The Morgan fingerprint density at radius 1 is 1.44 bits per heavy atom. The number of nitrogens with one attached hydrogen (secondary N) is 1. The highest BCUT2D eigenvalue weighted by molar-refractivity contribution is 8.77. The number of hydrogen-bond acceptors (Lipinski definition) is 7. The molecular formula is C18H28N4O3S2. The van der Waals surface area contributed by atoms with E-state index in [0.29, 0.717) is 22.9 Å². The number of H-pyrrole nitrogens is 1. The van der Waals surface area contributed by atoms with Gasteiger partial charge in [0.15, 0.2) is 11.2 Å². The van der Waals surface area contributed by atoms with E-state index < -0.39 is 0 Å². The summed E-state index contributed by atoms with van der Waals surface area (Å²) >= 11 is 0. The first-order valence-electron chi connectivity index (χ1n) is 9.29. The Morgan fingerprint density at radius 3 is 2.93 bits per heavy atom. The molecule has 0 saturated carbocycles. The lowest BCUT2D eigenvalue weighted by Crippen LogP contribution is -2.24. The third-order valence-electron chi connectivity index (χ3n) is 4.25. The zero-order valence-electron chi connectivity index (χ0n) is 16.5. The van der Waals surface area contributed by atoms with Crippen LogP contribution in [0.3, 0.4) is 0 Å². The van der Waals surface area contributed by atoms with Crippen LogP contribution in [0.4, 0.5) is 0 Å². The predicted octanol–water partition coefficient (Wildman–Crippen LogP) is 4.04. The number of hydrogen-bond donors (Lipinski definition) is 1. The first kappa shape index (κ1) is 20.7. The van der Waals surface area contributed by atoms with Crippen LogP contribution < -0.4 is 5.56 Å². The molecule has 3 heterocycles. The van der Waals surface area contributed by atoms with Crippen LogP contribution >= 0.6 is 21.6 Å². The summed E-state index contributed by atoms with van der Waals surface area (Å²) in [5.41, 5.74) is 0.690. The number of ether oxygens (including phenoxy) is 2. The Kier molecular flexibility index (Phi) is 6.55. The minimum Gasteiger partial charge on any atom is -0.364 e. The minimum absolute atomic E-state index is 0.0311. The van der Waals surface area contributed by atoms with Gasteiger partial charge in [-0.25, -0.2) is 9.97 Å². The standard InChI is InChI=1S/C18H28N4O3S2/c1-6-7-12-13(24-10-26-27-18(3,4)5)8-14(25-12)22-9-19-15-16(22)20-11(2)21-17(15)23/h9,12-14H,6-8,10H2,1-5H3,(H,20,21,23)/t12-,13?,14-/m1/s1. The van der Waals surface area contributed by atoms with Crippen LogP contribution in [0, 0.1) is 6.92 Å². The van der Waals surface area contributed by atoms with E-state index in [4.69, 9.17) is 9.47 Å². The third-order valence-corrected chi connectivity index (χ3v) is 7.25. The maximum absolute atomic E-state index is 12.1. The van der Waals surface area contributed by atoms with Gasteiger partial charge in [-0.3, -0.25) is 9.36 Å². The molecule has 0 spiro atoms. The summed E-state index contributed by atoms with van der Waals surface area (Å²) in [6.07, 6.45) is 4.20. The summed E-state index contributed by atoms with van der Waals surface area (Å²) in [7, 11) is 3.56. The molecule has 3 rings (SSSR count). The summed E-state index contributed by atoms with van der Waals surface area (Å²) in [5.74, 6) is 1.20. The highest BCUT2D eigenvalue weighted by atomic mass is 33.1. The van der Waals surface area contributed by atoms with Gasteiger partial charge in [0.05, 0.1) is 18.5 Å². The first-order valence-corrected chi connectivity index (χ1v) is 11.6. The van der Waals surface area contributed by atoms with Gasteiger partial charge < -0.3 is 14.5 Å². The van der Waals surface area contributed by atoms with Crippen molar-refractivity contribution in [3.8, 4) is 0 Å². The number of nitrogens with zero attached hydrogens (tertiary/aromatic N) is 3. The quantitative estimate of drug-likeness (QED) is 0.417. The van der Waals surface area contributed by atoms with Crippen molar-refractivity contribution in [1.82, 2.24) is 19.5 Å². The molecule has 1 N–H and O–H groups in total. The van der Waals surface area contributed by atoms with Gasteiger partial charge in [-0.1, -0.05) is 55.7 Å². The molecule has 1 unspecified atom stereocenters. The van der Waals surface area contributed by atoms with Crippen LogP contribution in [0.2, 0.25) is 0 Å². The molecule has 7 nitrogen and oxygen atoms in total. The van der Waals surface area contributed by atoms with E-state index >= 15 is 0 Å². The molecular weight excluding hydrogens is 384 g/mol. The fourth-order valence-electron chi connectivity index (χ4n) is 3.15. The van der Waals surface area contributed by atoms with Crippen LogP contribution in [0.15, 0.2) is 11.1 Å². The molecule has 0 radical (unpaired) electrons. The molecule has 150 valence electrons. The molecule has 1 fully saturated rings. The summed E-state index contributed by atoms with van der Waals surface area (Å²) in [5, 5.41) is 0. The average molecular weight is 413 g/mol. The van der Waals surface area contributed by atoms with E-state index in [0.717, 1.165) is 19.3 Å². The molecule has 0 aromatic carbocycles. The summed E-state index contributed by atoms with van der Waals surface area (Å²) < 4.78 is 14.5. The van der Waals surface area contributed by atoms with Crippen LogP contribution in [0.1, 0.15) is 59.0 Å². The lowest BCUT2D eigenvalue weighted by atomic mass is 10.1. The van der Waals surface area contributed by atoms with Crippen molar-refractivity contribution >= 4 is 32.8 Å². The van der Waals surface area contributed by atoms with Gasteiger partial charge in [0.25, 0.3) is 5.56 Å². The number of fused-ring (bicyclic) bond motifs is 1. The van der Waals surface area contributed by atoms with Crippen LogP contribution in [0.5, 0.6) is 0 Å². The van der Waals surface area contributed by atoms with Crippen molar-refractivity contribution in [2.75, 3.05) is 5.94 Å². The largest absolute Gasteiger partial charge is 0.364 e. The molecule has 27 heavy (non-hydrogen) atoms. The van der Waals surface area contributed by atoms with Crippen LogP contribution in [0.25, 0.3) is 11.2 Å². The lowest BCUT2D eigenvalue weighted by Gasteiger charge is -2.20. The predicted molar refractivity (Wildman–Crippen MR) is 111 cm³/mol. The molecule has 1 aliphatic heterocycles. The second kappa shape index (κ2) is 8.55. The molecule has 0 bridgehead atoms. The Balaban J connectivity index is 1.72. The van der Waals surface area contributed by atoms with Gasteiger partial charge in [-0.2, -0.15) is 0 Å². The van der Waals surface area contributed by atoms with Gasteiger partial charge in [-0.05, 0) is 13.3 Å². The highest BCUT2D eigenvalue weighted by Gasteiger charge is 2.37. The molecule has 0 aliphatic carbocycles. The van der Waals surface area contributed by atoms with E-state index in [9.17, 15) is 4.79 Å². The Hall–Kier alpha value is -1.03. The molecule has 2 aromatic rings. The smallest absolute Gasteiger partial charge is 0.279 e. The zero-order chi connectivity index (χ0) is 19.6. The Labute approximate surface area is 167 Å². The molecule has 2 aromatic heterocycles. The third kappa shape index (κ3) is 5.07. The minimum atomic E-state index is -0.220. The fourth-order valence-corrected chi connectivity index (χ4v) is 5.15. The number of aromatic amines is 1. The summed E-state index contributed by atoms with van der Waals surface area (Å²) in [4.78, 5) is 23.4. The zero-order valence-corrected chi connectivity index (χ0v) is 18.2. The SMILES string of the molecule is CCC[C@H]1O[C@@H](n2cnc3c(=O)[nH]c(C)nc32)CC1OCSSC(C)(C)C. The van der Waals surface area contributed by atoms with Crippen LogP contribution in [-0.2, 0) is 9.47 Å². The van der Waals surface area contributed by atoms with Gasteiger partial charge in [0, 0.05) is 11.2 Å². The van der Waals surface area contributed by atoms with E-state index in [1.807, 2.05) is 15.4 Å². The van der Waals surface area contributed by atoms with Gasteiger partial charge in [0.1, 0.15) is 18.0 Å². The molecule has 1 aliphatic rings. The van der Waals surface area contributed by atoms with Crippen molar-refractivity contribution in [3.05, 3.63) is 22.5 Å².